The van der Waals surface area contributed by atoms with E-state index in [-0.39, 0.29) is 12.0 Å². The Balaban J connectivity index is 1.65. The summed E-state index contributed by atoms with van der Waals surface area (Å²) >= 11 is 1.42. The van der Waals surface area contributed by atoms with Gasteiger partial charge in [-0.05, 0) is 50.3 Å². The lowest BCUT2D eigenvalue weighted by molar-refractivity contribution is 0.102. The van der Waals surface area contributed by atoms with Gasteiger partial charge in [0.05, 0.1) is 13.2 Å². The van der Waals surface area contributed by atoms with Gasteiger partial charge in [0.15, 0.2) is 11.5 Å². The number of nitrogens with zero attached hydrogens (tertiary/aromatic N) is 2. The maximum absolute atomic E-state index is 12.5. The minimum Gasteiger partial charge on any atom is -0.493 e. The van der Waals surface area contributed by atoms with Crippen LogP contribution in [0, 0.1) is 0 Å². The second-order valence-electron chi connectivity index (χ2n) is 6.45. The highest BCUT2D eigenvalue weighted by molar-refractivity contribution is 7.15. The van der Waals surface area contributed by atoms with Crippen LogP contribution >= 0.6 is 11.3 Å². The summed E-state index contributed by atoms with van der Waals surface area (Å²) in [6.07, 6.45) is 7.87. The molecule has 0 atom stereocenters. The maximum Gasteiger partial charge on any atom is 0.257 e. The summed E-state index contributed by atoms with van der Waals surface area (Å²) in [5.74, 6) is 1.04. The van der Waals surface area contributed by atoms with Crippen molar-refractivity contribution in [2.45, 2.75) is 58.0 Å². The van der Waals surface area contributed by atoms with Gasteiger partial charge >= 0.3 is 0 Å². The third-order valence-electron chi connectivity index (χ3n) is 4.45. The molecule has 26 heavy (non-hydrogen) atoms. The molecule has 1 amide bonds. The standard InChI is InChI=1S/C19H25N3O3S/c1-3-4-9-17-21-22-19(26-17)20-18(23)13-10-11-15(16(12-13)24-2)25-14-7-5-6-8-14/h10-12,14H,3-9H2,1-2H3,(H,20,22,23). The number of anilines is 1. The van der Waals surface area contributed by atoms with Crippen LogP contribution < -0.4 is 14.8 Å². The number of amides is 1. The summed E-state index contributed by atoms with van der Waals surface area (Å²) in [4.78, 5) is 12.5. The lowest BCUT2D eigenvalue weighted by Gasteiger charge is -2.16. The number of ether oxygens (including phenoxy) is 2. The number of methoxy groups -OCH3 is 1. The molecule has 1 N–H and O–H groups in total. The van der Waals surface area contributed by atoms with Crippen molar-refractivity contribution in [3.63, 3.8) is 0 Å². The van der Waals surface area contributed by atoms with Gasteiger partial charge in [-0.15, -0.1) is 10.2 Å². The zero-order chi connectivity index (χ0) is 18.4. The third-order valence-corrected chi connectivity index (χ3v) is 5.35. The summed E-state index contributed by atoms with van der Waals surface area (Å²) in [6, 6.07) is 5.26. The summed E-state index contributed by atoms with van der Waals surface area (Å²) in [5, 5.41) is 12.4. The smallest absolute Gasteiger partial charge is 0.257 e. The number of unbranched alkanes of at least 4 members (excludes halogenated alkanes) is 1. The van der Waals surface area contributed by atoms with Crippen molar-refractivity contribution in [3.8, 4) is 11.5 Å². The van der Waals surface area contributed by atoms with Gasteiger partial charge in [-0.3, -0.25) is 10.1 Å². The fourth-order valence-corrected chi connectivity index (χ4v) is 3.77. The molecule has 0 saturated heterocycles. The minimum atomic E-state index is -0.228. The molecule has 0 radical (unpaired) electrons. The van der Waals surface area contributed by atoms with Crippen LogP contribution in [0.4, 0.5) is 5.13 Å². The molecule has 1 heterocycles. The summed E-state index contributed by atoms with van der Waals surface area (Å²) in [6.45, 7) is 2.14. The fraction of sp³-hybridized carbons (Fsp3) is 0.526. The van der Waals surface area contributed by atoms with Crippen molar-refractivity contribution in [1.82, 2.24) is 10.2 Å². The van der Waals surface area contributed by atoms with Gasteiger partial charge in [-0.1, -0.05) is 24.7 Å². The van der Waals surface area contributed by atoms with Crippen molar-refractivity contribution in [2.75, 3.05) is 12.4 Å². The van der Waals surface area contributed by atoms with E-state index in [2.05, 4.69) is 22.4 Å². The van der Waals surface area contributed by atoms with Crippen molar-refractivity contribution in [2.24, 2.45) is 0 Å². The van der Waals surface area contributed by atoms with Gasteiger partial charge in [0.25, 0.3) is 5.91 Å². The zero-order valence-corrected chi connectivity index (χ0v) is 16.1. The third kappa shape index (κ3) is 4.72. The second-order valence-corrected chi connectivity index (χ2v) is 7.51. The maximum atomic E-state index is 12.5. The number of rotatable bonds is 8. The molecule has 3 rings (SSSR count). The predicted molar refractivity (Wildman–Crippen MR) is 102 cm³/mol. The van der Waals surface area contributed by atoms with Crippen LogP contribution in [0.25, 0.3) is 0 Å². The van der Waals surface area contributed by atoms with E-state index < -0.39 is 0 Å². The molecule has 2 aromatic rings. The lowest BCUT2D eigenvalue weighted by Crippen LogP contribution is -2.14. The van der Waals surface area contributed by atoms with Crippen LogP contribution in [0.1, 0.15) is 60.8 Å². The number of hydrogen-bond acceptors (Lipinski definition) is 6. The van der Waals surface area contributed by atoms with E-state index in [0.29, 0.717) is 22.2 Å². The molecule has 1 aliphatic carbocycles. The monoisotopic (exact) mass is 375 g/mol. The Morgan fingerprint density at radius 1 is 1.27 bits per heavy atom. The van der Waals surface area contributed by atoms with Crippen LogP contribution in [0.5, 0.6) is 11.5 Å². The zero-order valence-electron chi connectivity index (χ0n) is 15.3. The first-order valence-corrected chi connectivity index (χ1v) is 9.99. The number of aromatic nitrogens is 2. The molecule has 0 spiro atoms. The van der Waals surface area contributed by atoms with E-state index in [9.17, 15) is 4.79 Å². The van der Waals surface area contributed by atoms with Crippen LogP contribution in [0.3, 0.4) is 0 Å². The van der Waals surface area contributed by atoms with Crippen LogP contribution in [0.2, 0.25) is 0 Å². The summed E-state index contributed by atoms with van der Waals surface area (Å²) in [5.41, 5.74) is 0.505. The van der Waals surface area contributed by atoms with E-state index >= 15 is 0 Å². The number of carbonyl (C=O) groups is 1. The van der Waals surface area contributed by atoms with Crippen molar-refractivity contribution < 1.29 is 14.3 Å². The first-order valence-electron chi connectivity index (χ1n) is 9.18. The second kappa shape index (κ2) is 8.98. The van der Waals surface area contributed by atoms with Crippen molar-refractivity contribution in [3.05, 3.63) is 28.8 Å². The van der Waals surface area contributed by atoms with E-state index in [1.165, 1.54) is 24.2 Å². The Hall–Kier alpha value is -2.15. The highest BCUT2D eigenvalue weighted by Crippen LogP contribution is 2.32. The molecular weight excluding hydrogens is 350 g/mol. The van der Waals surface area contributed by atoms with E-state index in [4.69, 9.17) is 9.47 Å². The average Bonchev–Trinajstić information content (AvgIpc) is 3.32. The highest BCUT2D eigenvalue weighted by Gasteiger charge is 2.19. The van der Waals surface area contributed by atoms with Gasteiger partial charge in [0, 0.05) is 12.0 Å². The fourth-order valence-electron chi connectivity index (χ4n) is 2.99. The first-order chi connectivity index (χ1) is 12.7. The van der Waals surface area contributed by atoms with Gasteiger partial charge in [-0.25, -0.2) is 0 Å². The molecule has 1 aliphatic rings. The van der Waals surface area contributed by atoms with Crippen LogP contribution in [0.15, 0.2) is 18.2 Å². The Morgan fingerprint density at radius 3 is 2.81 bits per heavy atom. The molecule has 0 unspecified atom stereocenters. The molecule has 1 saturated carbocycles. The SMILES string of the molecule is CCCCc1nnc(NC(=O)c2ccc(OC3CCCC3)c(OC)c2)s1. The number of nitrogens with one attached hydrogen (secondary N) is 1. The Morgan fingerprint density at radius 2 is 2.08 bits per heavy atom. The molecule has 1 fully saturated rings. The molecular formula is C19H25N3O3S. The molecule has 6 nitrogen and oxygen atoms in total. The Labute approximate surface area is 157 Å². The highest BCUT2D eigenvalue weighted by atomic mass is 32.1. The molecule has 7 heteroatoms. The van der Waals surface area contributed by atoms with Crippen LogP contribution in [-0.4, -0.2) is 29.3 Å². The topological polar surface area (TPSA) is 73.3 Å². The molecule has 1 aromatic carbocycles. The number of carbonyl (C=O) groups excluding carboxylic acids is 1. The normalized spacial score (nSPS) is 14.4. The number of hydrogen-bond donors (Lipinski definition) is 1. The van der Waals surface area contributed by atoms with E-state index in [0.717, 1.165) is 37.1 Å². The molecule has 140 valence electrons. The van der Waals surface area contributed by atoms with E-state index in [1.807, 2.05) is 0 Å². The largest absolute Gasteiger partial charge is 0.493 e. The number of aryl methyl sites for hydroxylation is 1. The summed E-state index contributed by atoms with van der Waals surface area (Å²) < 4.78 is 11.4. The van der Waals surface area contributed by atoms with Gasteiger partial charge in [-0.2, -0.15) is 0 Å². The molecule has 0 bridgehead atoms. The first kappa shape index (κ1) is 18.6. The molecule has 0 aliphatic heterocycles. The van der Waals surface area contributed by atoms with E-state index in [1.54, 1.807) is 25.3 Å². The quantitative estimate of drug-likeness (QED) is 0.737. The van der Waals surface area contributed by atoms with Crippen molar-refractivity contribution in [1.29, 1.82) is 0 Å². The molecule has 1 aromatic heterocycles. The van der Waals surface area contributed by atoms with Gasteiger partial charge in [0.1, 0.15) is 5.01 Å². The number of benzene rings is 1. The Bertz CT molecular complexity index is 741. The van der Waals surface area contributed by atoms with Crippen LogP contribution in [-0.2, 0) is 6.42 Å². The summed E-state index contributed by atoms with van der Waals surface area (Å²) in [7, 11) is 1.59. The minimum absolute atomic E-state index is 0.228. The lowest BCUT2D eigenvalue weighted by atomic mass is 10.2. The average molecular weight is 375 g/mol. The van der Waals surface area contributed by atoms with Gasteiger partial charge < -0.3 is 9.47 Å². The van der Waals surface area contributed by atoms with Crippen molar-refractivity contribution >= 4 is 22.4 Å². The van der Waals surface area contributed by atoms with Gasteiger partial charge in [0.2, 0.25) is 5.13 Å². The Kier molecular flexibility index (Phi) is 6.44. The predicted octanol–water partition coefficient (Wildman–Crippen LogP) is 4.46.